The van der Waals surface area contributed by atoms with Gasteiger partial charge in [-0.1, -0.05) is 0 Å². The van der Waals surface area contributed by atoms with E-state index in [-0.39, 0.29) is 9.03 Å². The summed E-state index contributed by atoms with van der Waals surface area (Å²) in [7, 11) is 0.247. The van der Waals surface area contributed by atoms with Gasteiger partial charge in [-0.2, -0.15) is 0 Å². The van der Waals surface area contributed by atoms with Crippen LogP contribution in [0.15, 0.2) is 0 Å². The Balaban J connectivity index is 2.08. The Kier molecular flexibility index (Phi) is 1.14. The molecule has 0 aromatic heterocycles. The quantitative estimate of drug-likeness (QED) is 0.326. The lowest BCUT2D eigenvalue weighted by atomic mass is 14.4. The summed E-state index contributed by atoms with van der Waals surface area (Å²) in [6.45, 7) is 0. The molecule has 0 aromatic carbocycles. The third kappa shape index (κ3) is 0.792. The molecule has 0 N–H and O–H groups in total. The standard InChI is InChI=1S/O4P/c1-2-4-5-3-1. The van der Waals surface area contributed by atoms with E-state index < -0.39 is 0 Å². The van der Waals surface area contributed by atoms with Gasteiger partial charge in [0, 0.05) is 0 Å². The van der Waals surface area contributed by atoms with Crippen LogP contribution in [0.3, 0.4) is 0 Å². The van der Waals surface area contributed by atoms with Crippen molar-refractivity contribution in [2.45, 2.75) is 0 Å². The normalized spacial score (nSPS) is 24.0. The molecule has 0 bridgehead atoms. The largest absolute Gasteiger partial charge is 0.337 e. The number of rotatable bonds is 0. The Morgan fingerprint density at radius 1 is 1.00 bits per heavy atom. The van der Waals surface area contributed by atoms with E-state index in [1.807, 2.05) is 0 Å². The second kappa shape index (κ2) is 1.64. The summed E-state index contributed by atoms with van der Waals surface area (Å²) in [4.78, 5) is 0. The maximum absolute atomic E-state index is 3.97. The van der Waals surface area contributed by atoms with E-state index in [1.165, 1.54) is 0 Å². The second-order valence-electron chi connectivity index (χ2n) is 0.360. The zero-order chi connectivity index (χ0) is 3.54. The van der Waals surface area contributed by atoms with E-state index in [0.717, 1.165) is 0 Å². The van der Waals surface area contributed by atoms with Crippen LogP contribution in [0.2, 0.25) is 0 Å². The highest BCUT2D eigenvalue weighted by atomic mass is 31.1. The molecule has 0 spiro atoms. The molecule has 0 unspecified atom stereocenters. The Bertz CT molecular complexity index is 15.2. The SMILES string of the molecule is O1OO[P]O1. The van der Waals surface area contributed by atoms with Crippen LogP contribution in [-0.2, 0) is 19.4 Å². The topological polar surface area (TPSA) is 36.9 Å². The third-order valence-corrected chi connectivity index (χ3v) is 0.393. The fourth-order valence-electron chi connectivity index (χ4n) is 0.0621. The summed E-state index contributed by atoms with van der Waals surface area (Å²) in [6.07, 6.45) is 0. The lowest BCUT2D eigenvalue weighted by Crippen LogP contribution is -1.69. The fourth-order valence-corrected chi connectivity index (χ4v) is 0.186. The molecular formula is O4P. The number of hydrogen-bond donors (Lipinski definition) is 0. The van der Waals surface area contributed by atoms with Gasteiger partial charge in [0.15, 0.2) is 0 Å². The smallest absolute Gasteiger partial charge is 0.139 e. The highest BCUT2D eigenvalue weighted by Gasteiger charge is 2.02. The van der Waals surface area contributed by atoms with Crippen LogP contribution in [0.1, 0.15) is 0 Å². The summed E-state index contributed by atoms with van der Waals surface area (Å²) in [6, 6.07) is 0. The van der Waals surface area contributed by atoms with Crippen LogP contribution in [0.5, 0.6) is 0 Å². The molecule has 1 aliphatic heterocycles. The molecule has 0 saturated carbocycles. The predicted molar refractivity (Wildman–Crippen MR) is 11.3 cm³/mol. The van der Waals surface area contributed by atoms with Crippen LogP contribution >= 0.6 is 9.03 Å². The second-order valence-corrected chi connectivity index (χ2v) is 0.807. The van der Waals surface area contributed by atoms with Gasteiger partial charge < -0.3 is 0 Å². The minimum atomic E-state index is 0.247. The maximum atomic E-state index is 3.97. The van der Waals surface area contributed by atoms with Gasteiger partial charge >= 0.3 is 9.03 Å². The van der Waals surface area contributed by atoms with Crippen LogP contribution in [0, 0.1) is 0 Å². The summed E-state index contributed by atoms with van der Waals surface area (Å²) < 4.78 is 7.94. The first-order valence-electron chi connectivity index (χ1n) is 0.865. The monoisotopic (exact) mass is 95.0 g/mol. The zero-order valence-electron chi connectivity index (χ0n) is 2.08. The lowest BCUT2D eigenvalue weighted by Gasteiger charge is -1.68. The van der Waals surface area contributed by atoms with Gasteiger partial charge in [0.25, 0.3) is 0 Å². The molecule has 0 aliphatic carbocycles. The van der Waals surface area contributed by atoms with Crippen molar-refractivity contribution in [2.24, 2.45) is 0 Å². The van der Waals surface area contributed by atoms with Crippen LogP contribution < -0.4 is 0 Å². The van der Waals surface area contributed by atoms with Gasteiger partial charge in [-0.25, -0.2) is 0 Å². The Morgan fingerprint density at radius 3 is 1.80 bits per heavy atom. The Hall–Kier alpha value is 0.270. The van der Waals surface area contributed by atoms with Gasteiger partial charge in [0.2, 0.25) is 0 Å². The van der Waals surface area contributed by atoms with Crippen molar-refractivity contribution in [1.29, 1.82) is 0 Å². The van der Waals surface area contributed by atoms with Crippen molar-refractivity contribution < 1.29 is 19.4 Å². The average molecular weight is 95.0 g/mol. The molecule has 1 saturated heterocycles. The molecule has 1 rings (SSSR count). The van der Waals surface area contributed by atoms with E-state index in [4.69, 9.17) is 0 Å². The number of hydrogen-bond acceptors (Lipinski definition) is 4. The molecule has 1 aliphatic rings. The van der Waals surface area contributed by atoms with Crippen molar-refractivity contribution in [2.75, 3.05) is 0 Å². The van der Waals surface area contributed by atoms with Gasteiger partial charge in [-0.15, -0.1) is 9.35 Å². The summed E-state index contributed by atoms with van der Waals surface area (Å²) in [5.74, 6) is 0. The highest BCUT2D eigenvalue weighted by molar-refractivity contribution is 7.25. The summed E-state index contributed by atoms with van der Waals surface area (Å²) >= 11 is 0. The Morgan fingerprint density at radius 2 is 1.60 bits per heavy atom. The van der Waals surface area contributed by atoms with Gasteiger partial charge in [-0.05, 0) is 10.1 Å². The fraction of sp³-hybridized carbons (Fsp3) is 0. The van der Waals surface area contributed by atoms with E-state index in [2.05, 4.69) is 19.4 Å². The van der Waals surface area contributed by atoms with Crippen LogP contribution in [0.4, 0.5) is 0 Å². The predicted octanol–water partition coefficient (Wildman–Crippen LogP) is 0.588. The average Bonchev–Trinajstić information content (AvgIpc) is 1.76. The van der Waals surface area contributed by atoms with Gasteiger partial charge in [-0.3, -0.25) is 0 Å². The van der Waals surface area contributed by atoms with Gasteiger partial charge in [0.05, 0.1) is 0 Å². The molecule has 1 radical (unpaired) electrons. The molecule has 4 nitrogen and oxygen atoms in total. The summed E-state index contributed by atoms with van der Waals surface area (Å²) in [5.41, 5.74) is 0. The Labute approximate surface area is 29.7 Å². The van der Waals surface area contributed by atoms with Gasteiger partial charge in [0.1, 0.15) is 0 Å². The first-order chi connectivity index (χ1) is 2.50. The minimum absolute atomic E-state index is 0.247. The van der Waals surface area contributed by atoms with Crippen molar-refractivity contribution >= 4 is 9.03 Å². The van der Waals surface area contributed by atoms with Crippen LogP contribution in [-0.4, -0.2) is 0 Å². The third-order valence-electron chi connectivity index (χ3n) is 0.149. The minimum Gasteiger partial charge on any atom is -0.139 e. The molecular weight excluding hydrogens is 95.0 g/mol. The molecule has 29 valence electrons. The highest BCUT2D eigenvalue weighted by Crippen LogP contribution is 2.21. The molecule has 0 aromatic rings. The maximum Gasteiger partial charge on any atom is 0.337 e. The van der Waals surface area contributed by atoms with Crippen LogP contribution in [0.25, 0.3) is 0 Å². The molecule has 5 heavy (non-hydrogen) atoms. The molecule has 1 heterocycles. The van der Waals surface area contributed by atoms with E-state index >= 15 is 0 Å². The van der Waals surface area contributed by atoms with Crippen molar-refractivity contribution in [3.63, 3.8) is 0 Å². The first-order valence-corrected chi connectivity index (χ1v) is 1.60. The van der Waals surface area contributed by atoms with Crippen molar-refractivity contribution in [3.05, 3.63) is 0 Å². The molecule has 5 heteroatoms. The van der Waals surface area contributed by atoms with E-state index in [1.54, 1.807) is 0 Å². The molecule has 0 amide bonds. The first kappa shape index (κ1) is 3.46. The molecule has 0 atom stereocenters. The summed E-state index contributed by atoms with van der Waals surface area (Å²) in [5, 5.41) is 7.42. The van der Waals surface area contributed by atoms with E-state index in [9.17, 15) is 0 Å². The van der Waals surface area contributed by atoms with Crippen molar-refractivity contribution in [1.82, 2.24) is 0 Å². The van der Waals surface area contributed by atoms with Crippen molar-refractivity contribution in [3.8, 4) is 0 Å². The lowest BCUT2D eigenvalue weighted by molar-refractivity contribution is -0.532. The van der Waals surface area contributed by atoms with E-state index in [0.29, 0.717) is 0 Å². The molecule has 1 fully saturated rings. The zero-order valence-corrected chi connectivity index (χ0v) is 2.97.